The van der Waals surface area contributed by atoms with E-state index in [1.807, 2.05) is 28.8 Å². The number of fused-ring (bicyclic) bond motifs is 1. The average molecular weight is 504 g/mol. The maximum Gasteiger partial charge on any atom is 0.326 e. The van der Waals surface area contributed by atoms with Gasteiger partial charge in [-0.25, -0.2) is 13.6 Å². The van der Waals surface area contributed by atoms with Gasteiger partial charge in [0.25, 0.3) is 0 Å². The highest BCUT2D eigenvalue weighted by Crippen LogP contribution is 2.45. The van der Waals surface area contributed by atoms with E-state index in [1.54, 1.807) is 24.3 Å². The number of carbonyl (C=O) groups is 1. The second kappa shape index (κ2) is 9.27. The van der Waals surface area contributed by atoms with E-state index in [2.05, 4.69) is 9.88 Å². The SMILES string of the molecule is O=C1OC(c2ccc(F)cc2)(c2ccc(F)cc2)CC1CN1CCC(n2c(=O)[nH]c3ccccc32)CC1. The van der Waals surface area contributed by atoms with E-state index >= 15 is 0 Å². The first kappa shape index (κ1) is 23.6. The quantitative estimate of drug-likeness (QED) is 0.399. The number of cyclic esters (lactones) is 1. The monoisotopic (exact) mass is 503 g/mol. The number of nitrogens with one attached hydrogen (secondary N) is 1. The van der Waals surface area contributed by atoms with Crippen molar-refractivity contribution in [3.63, 3.8) is 0 Å². The highest BCUT2D eigenvalue weighted by atomic mass is 19.1. The Morgan fingerprint density at radius 3 is 2.08 bits per heavy atom. The van der Waals surface area contributed by atoms with Crippen LogP contribution in [0.15, 0.2) is 77.6 Å². The number of imidazole rings is 1. The average Bonchev–Trinajstić information content (AvgIpc) is 3.42. The Labute approximate surface area is 212 Å². The fourth-order valence-electron chi connectivity index (χ4n) is 5.93. The molecule has 3 aromatic carbocycles. The molecule has 4 aromatic rings. The highest BCUT2D eigenvalue weighted by Gasteiger charge is 2.49. The molecule has 0 radical (unpaired) electrons. The van der Waals surface area contributed by atoms with Gasteiger partial charge in [0, 0.05) is 43.2 Å². The Balaban J connectivity index is 1.20. The summed E-state index contributed by atoms with van der Waals surface area (Å²) in [4.78, 5) is 30.9. The third-order valence-electron chi connectivity index (χ3n) is 7.79. The predicted octanol–water partition coefficient (Wildman–Crippen LogP) is 4.75. The van der Waals surface area contributed by atoms with Crippen molar-refractivity contribution < 1.29 is 18.3 Å². The number of para-hydroxylation sites is 2. The number of H-pyrrole nitrogens is 1. The maximum atomic E-state index is 13.7. The van der Waals surface area contributed by atoms with E-state index in [9.17, 15) is 18.4 Å². The number of likely N-dealkylation sites (tertiary alicyclic amines) is 1. The summed E-state index contributed by atoms with van der Waals surface area (Å²) in [5, 5.41) is 0. The zero-order valence-electron chi connectivity index (χ0n) is 20.2. The number of halogens is 2. The third kappa shape index (κ3) is 4.25. The Bertz CT molecular complexity index is 1440. The van der Waals surface area contributed by atoms with Gasteiger partial charge in [-0.1, -0.05) is 36.4 Å². The van der Waals surface area contributed by atoms with Gasteiger partial charge in [-0.05, 0) is 49.2 Å². The smallest absolute Gasteiger partial charge is 0.326 e. The van der Waals surface area contributed by atoms with Gasteiger partial charge in [0.15, 0.2) is 5.60 Å². The first-order valence-electron chi connectivity index (χ1n) is 12.6. The van der Waals surface area contributed by atoms with Crippen LogP contribution in [0.5, 0.6) is 0 Å². The summed E-state index contributed by atoms with van der Waals surface area (Å²) in [6.45, 7) is 2.03. The predicted molar refractivity (Wildman–Crippen MR) is 135 cm³/mol. The van der Waals surface area contributed by atoms with Crippen LogP contribution < -0.4 is 5.69 Å². The number of rotatable bonds is 5. The molecule has 0 saturated carbocycles. The summed E-state index contributed by atoms with van der Waals surface area (Å²) in [7, 11) is 0. The standard InChI is InChI=1S/C29H27F2N3O3/c30-22-9-5-20(6-10-22)29(21-7-11-23(31)12-8-21)17-19(27(35)37-29)18-33-15-13-24(14-16-33)34-26-4-2-1-3-25(26)32-28(34)36/h1-12,19,24H,13-18H2,(H,32,36). The molecule has 0 spiro atoms. The molecule has 8 heteroatoms. The molecule has 37 heavy (non-hydrogen) atoms. The van der Waals surface area contributed by atoms with Crippen LogP contribution in [0.4, 0.5) is 8.78 Å². The van der Waals surface area contributed by atoms with Crippen LogP contribution in [0, 0.1) is 17.6 Å². The summed E-state index contributed by atoms with van der Waals surface area (Å²) < 4.78 is 35.2. The first-order chi connectivity index (χ1) is 17.9. The summed E-state index contributed by atoms with van der Waals surface area (Å²) in [5.74, 6) is -1.46. The number of ether oxygens (including phenoxy) is 1. The van der Waals surface area contributed by atoms with Crippen molar-refractivity contribution in [1.29, 1.82) is 0 Å². The molecule has 1 aromatic heterocycles. The Kier molecular flexibility index (Phi) is 5.91. The van der Waals surface area contributed by atoms with E-state index in [1.165, 1.54) is 24.3 Å². The zero-order valence-corrected chi connectivity index (χ0v) is 20.2. The summed E-state index contributed by atoms with van der Waals surface area (Å²) in [6, 6.07) is 19.7. The van der Waals surface area contributed by atoms with E-state index in [4.69, 9.17) is 4.74 Å². The normalized spacial score (nSPS) is 20.4. The molecule has 3 heterocycles. The van der Waals surface area contributed by atoms with Gasteiger partial charge < -0.3 is 14.6 Å². The molecular weight excluding hydrogens is 476 g/mol. The van der Waals surface area contributed by atoms with Crippen LogP contribution in [-0.4, -0.2) is 40.1 Å². The highest BCUT2D eigenvalue weighted by molar-refractivity contribution is 5.77. The lowest BCUT2D eigenvalue weighted by Crippen LogP contribution is -2.40. The molecule has 1 unspecified atom stereocenters. The topological polar surface area (TPSA) is 67.3 Å². The molecule has 2 saturated heterocycles. The van der Waals surface area contributed by atoms with E-state index in [0.717, 1.165) is 37.0 Å². The lowest BCUT2D eigenvalue weighted by atomic mass is 9.81. The van der Waals surface area contributed by atoms with Crippen molar-refractivity contribution in [3.8, 4) is 0 Å². The number of aromatic amines is 1. The van der Waals surface area contributed by atoms with Crippen molar-refractivity contribution in [2.75, 3.05) is 19.6 Å². The molecule has 0 amide bonds. The minimum Gasteiger partial charge on any atom is -0.449 e. The van der Waals surface area contributed by atoms with E-state index in [-0.39, 0.29) is 35.3 Å². The number of aromatic nitrogens is 2. The number of benzene rings is 3. The van der Waals surface area contributed by atoms with E-state index < -0.39 is 5.60 Å². The Hall–Kier alpha value is -3.78. The maximum absolute atomic E-state index is 13.7. The fraction of sp³-hybridized carbons (Fsp3) is 0.310. The molecule has 190 valence electrons. The van der Waals surface area contributed by atoms with Crippen LogP contribution in [-0.2, 0) is 15.1 Å². The Morgan fingerprint density at radius 1 is 0.865 bits per heavy atom. The lowest BCUT2D eigenvalue weighted by Gasteiger charge is -2.33. The van der Waals surface area contributed by atoms with Gasteiger partial charge in [-0.3, -0.25) is 9.36 Å². The second-order valence-electron chi connectivity index (χ2n) is 10.0. The number of nitrogens with zero attached hydrogens (tertiary/aromatic N) is 2. The molecule has 1 atom stereocenters. The summed E-state index contributed by atoms with van der Waals surface area (Å²) in [6.07, 6.45) is 1.97. The van der Waals surface area contributed by atoms with Crippen LogP contribution in [0.2, 0.25) is 0 Å². The lowest BCUT2D eigenvalue weighted by molar-refractivity contribution is -0.149. The van der Waals surface area contributed by atoms with Crippen LogP contribution >= 0.6 is 0 Å². The van der Waals surface area contributed by atoms with E-state index in [0.29, 0.717) is 24.1 Å². The number of esters is 1. The summed E-state index contributed by atoms with van der Waals surface area (Å²) in [5.41, 5.74) is 1.87. The van der Waals surface area contributed by atoms with Crippen LogP contribution in [0.3, 0.4) is 0 Å². The molecule has 1 N–H and O–H groups in total. The molecular formula is C29H27F2N3O3. The molecule has 6 rings (SSSR count). The largest absolute Gasteiger partial charge is 0.449 e. The number of piperidine rings is 1. The van der Waals surface area contributed by atoms with Gasteiger partial charge in [0.1, 0.15) is 11.6 Å². The van der Waals surface area contributed by atoms with Gasteiger partial charge >= 0.3 is 11.7 Å². The van der Waals surface area contributed by atoms with Gasteiger partial charge in [-0.15, -0.1) is 0 Å². The number of hydrogen-bond acceptors (Lipinski definition) is 4. The zero-order chi connectivity index (χ0) is 25.6. The molecule has 2 aliphatic heterocycles. The van der Waals surface area contributed by atoms with Gasteiger partial charge in [-0.2, -0.15) is 0 Å². The molecule has 2 fully saturated rings. The van der Waals surface area contributed by atoms with Crippen LogP contribution in [0.25, 0.3) is 11.0 Å². The minimum absolute atomic E-state index is 0.0907. The van der Waals surface area contributed by atoms with Gasteiger partial charge in [0.2, 0.25) is 0 Å². The first-order valence-corrected chi connectivity index (χ1v) is 12.6. The fourth-order valence-corrected chi connectivity index (χ4v) is 5.93. The minimum atomic E-state index is -1.10. The molecule has 0 bridgehead atoms. The van der Waals surface area contributed by atoms with Crippen molar-refractivity contribution in [2.45, 2.75) is 30.9 Å². The number of hydrogen-bond donors (Lipinski definition) is 1. The van der Waals surface area contributed by atoms with Crippen molar-refractivity contribution in [3.05, 3.63) is 106 Å². The third-order valence-corrected chi connectivity index (χ3v) is 7.79. The van der Waals surface area contributed by atoms with Crippen molar-refractivity contribution >= 4 is 17.0 Å². The molecule has 6 nitrogen and oxygen atoms in total. The van der Waals surface area contributed by atoms with Crippen LogP contribution in [0.1, 0.15) is 36.4 Å². The Morgan fingerprint density at radius 2 is 1.46 bits per heavy atom. The van der Waals surface area contributed by atoms with Crippen molar-refractivity contribution in [2.24, 2.45) is 5.92 Å². The number of carbonyl (C=O) groups excluding carboxylic acids is 1. The second-order valence-corrected chi connectivity index (χ2v) is 10.0. The summed E-state index contributed by atoms with van der Waals surface area (Å²) >= 11 is 0. The molecule has 2 aliphatic rings. The molecule has 0 aliphatic carbocycles. The van der Waals surface area contributed by atoms with Gasteiger partial charge in [0.05, 0.1) is 17.0 Å². The van der Waals surface area contributed by atoms with Crippen molar-refractivity contribution in [1.82, 2.24) is 14.5 Å².